The second-order valence-corrected chi connectivity index (χ2v) is 6.28. The van der Waals surface area contributed by atoms with E-state index in [-0.39, 0.29) is 18.5 Å². The Labute approximate surface area is 135 Å². The van der Waals surface area contributed by atoms with Crippen LogP contribution in [0.3, 0.4) is 0 Å². The third-order valence-electron chi connectivity index (χ3n) is 4.08. The SMILES string of the molecule is CC(C)Oc1ccc(CN2CCC(C(C)N)CC2)cc1.Cl. The van der Waals surface area contributed by atoms with Crippen molar-refractivity contribution in [2.75, 3.05) is 13.1 Å². The molecule has 1 aliphatic rings. The quantitative estimate of drug-likeness (QED) is 0.905. The van der Waals surface area contributed by atoms with Crippen molar-refractivity contribution in [2.24, 2.45) is 11.7 Å². The number of nitrogens with two attached hydrogens (primary N) is 1. The van der Waals surface area contributed by atoms with Gasteiger partial charge in [0.2, 0.25) is 0 Å². The molecule has 1 aromatic carbocycles. The summed E-state index contributed by atoms with van der Waals surface area (Å²) in [5.74, 6) is 1.66. The molecule has 1 fully saturated rings. The Morgan fingerprint density at radius 2 is 1.71 bits per heavy atom. The highest BCUT2D eigenvalue weighted by atomic mass is 35.5. The summed E-state index contributed by atoms with van der Waals surface area (Å²) in [6.45, 7) is 9.60. The van der Waals surface area contributed by atoms with E-state index in [1.54, 1.807) is 0 Å². The van der Waals surface area contributed by atoms with Gasteiger partial charge in [0, 0.05) is 12.6 Å². The maximum atomic E-state index is 5.99. The molecule has 1 aromatic rings. The molecule has 1 aliphatic heterocycles. The van der Waals surface area contributed by atoms with Crippen LogP contribution < -0.4 is 10.5 Å². The molecular formula is C17H29ClN2O. The first kappa shape index (κ1) is 18.3. The van der Waals surface area contributed by atoms with Crippen LogP contribution in [0.15, 0.2) is 24.3 Å². The summed E-state index contributed by atoms with van der Waals surface area (Å²) in [5, 5.41) is 0. The fraction of sp³-hybridized carbons (Fsp3) is 0.647. The van der Waals surface area contributed by atoms with E-state index in [0.29, 0.717) is 12.0 Å². The zero-order valence-corrected chi connectivity index (χ0v) is 14.2. The maximum Gasteiger partial charge on any atom is 0.119 e. The lowest BCUT2D eigenvalue weighted by Crippen LogP contribution is -2.39. The average molecular weight is 313 g/mol. The maximum absolute atomic E-state index is 5.99. The first-order valence-electron chi connectivity index (χ1n) is 7.78. The summed E-state index contributed by atoms with van der Waals surface area (Å²) >= 11 is 0. The summed E-state index contributed by atoms with van der Waals surface area (Å²) in [6, 6.07) is 8.84. The average Bonchev–Trinajstić information content (AvgIpc) is 2.41. The highest BCUT2D eigenvalue weighted by Crippen LogP contribution is 2.22. The third-order valence-corrected chi connectivity index (χ3v) is 4.08. The highest BCUT2D eigenvalue weighted by Gasteiger charge is 2.21. The largest absolute Gasteiger partial charge is 0.491 e. The van der Waals surface area contributed by atoms with E-state index < -0.39 is 0 Å². The highest BCUT2D eigenvalue weighted by molar-refractivity contribution is 5.85. The van der Waals surface area contributed by atoms with Crippen molar-refractivity contribution in [3.05, 3.63) is 29.8 Å². The Bertz CT molecular complexity index is 398. The Morgan fingerprint density at radius 3 is 2.19 bits per heavy atom. The van der Waals surface area contributed by atoms with Crippen LogP contribution >= 0.6 is 12.4 Å². The van der Waals surface area contributed by atoms with Crippen LogP contribution in [-0.2, 0) is 6.54 Å². The molecule has 120 valence electrons. The van der Waals surface area contributed by atoms with Crippen LogP contribution in [0, 0.1) is 5.92 Å². The number of piperidine rings is 1. The number of rotatable bonds is 5. The summed E-state index contributed by atoms with van der Waals surface area (Å²) in [5.41, 5.74) is 7.35. The Hall–Kier alpha value is -0.770. The molecule has 0 aromatic heterocycles. The lowest BCUT2D eigenvalue weighted by molar-refractivity contribution is 0.165. The van der Waals surface area contributed by atoms with E-state index in [2.05, 4.69) is 49.9 Å². The van der Waals surface area contributed by atoms with Crippen molar-refractivity contribution in [1.29, 1.82) is 0 Å². The van der Waals surface area contributed by atoms with Gasteiger partial charge >= 0.3 is 0 Å². The predicted octanol–water partition coefficient (Wildman–Crippen LogP) is 3.45. The standard InChI is InChI=1S/C17H28N2O.ClH/c1-13(2)20-17-6-4-15(5-7-17)12-19-10-8-16(9-11-19)14(3)18;/h4-7,13-14,16H,8-12,18H2,1-3H3;1H. The van der Waals surface area contributed by atoms with E-state index in [1.165, 1.54) is 18.4 Å². The van der Waals surface area contributed by atoms with Gasteiger partial charge in [-0.2, -0.15) is 0 Å². The minimum Gasteiger partial charge on any atom is -0.491 e. The van der Waals surface area contributed by atoms with Crippen LogP contribution in [0.1, 0.15) is 39.2 Å². The molecule has 2 rings (SSSR count). The van der Waals surface area contributed by atoms with E-state index in [1.807, 2.05) is 0 Å². The number of ether oxygens (including phenoxy) is 1. The zero-order valence-electron chi connectivity index (χ0n) is 13.4. The normalized spacial score (nSPS) is 18.3. The van der Waals surface area contributed by atoms with Crippen molar-refractivity contribution in [1.82, 2.24) is 4.90 Å². The number of likely N-dealkylation sites (tertiary alicyclic amines) is 1. The smallest absolute Gasteiger partial charge is 0.119 e. The number of nitrogens with zero attached hydrogens (tertiary/aromatic N) is 1. The predicted molar refractivity (Wildman–Crippen MR) is 91.1 cm³/mol. The monoisotopic (exact) mass is 312 g/mol. The minimum atomic E-state index is 0. The van der Waals surface area contributed by atoms with Crippen LogP contribution in [0.25, 0.3) is 0 Å². The summed E-state index contributed by atoms with van der Waals surface area (Å²) in [4.78, 5) is 2.52. The van der Waals surface area contributed by atoms with Gasteiger partial charge in [-0.1, -0.05) is 12.1 Å². The van der Waals surface area contributed by atoms with Gasteiger partial charge < -0.3 is 10.5 Å². The molecular weight excluding hydrogens is 284 g/mol. The van der Waals surface area contributed by atoms with Crippen molar-refractivity contribution < 1.29 is 4.74 Å². The van der Waals surface area contributed by atoms with E-state index in [4.69, 9.17) is 10.5 Å². The molecule has 0 saturated carbocycles. The second kappa shape index (κ2) is 8.62. The first-order chi connectivity index (χ1) is 9.54. The van der Waals surface area contributed by atoms with Crippen molar-refractivity contribution in [3.8, 4) is 5.75 Å². The topological polar surface area (TPSA) is 38.5 Å². The molecule has 0 radical (unpaired) electrons. The number of benzene rings is 1. The number of hydrogen-bond acceptors (Lipinski definition) is 3. The van der Waals surface area contributed by atoms with Crippen molar-refractivity contribution >= 4 is 12.4 Å². The molecule has 0 amide bonds. The zero-order chi connectivity index (χ0) is 14.5. The summed E-state index contributed by atoms with van der Waals surface area (Å²) in [7, 11) is 0. The summed E-state index contributed by atoms with van der Waals surface area (Å²) in [6.07, 6.45) is 2.69. The molecule has 0 spiro atoms. The van der Waals surface area contributed by atoms with E-state index >= 15 is 0 Å². The van der Waals surface area contributed by atoms with E-state index in [0.717, 1.165) is 25.4 Å². The van der Waals surface area contributed by atoms with Crippen molar-refractivity contribution in [3.63, 3.8) is 0 Å². The first-order valence-corrected chi connectivity index (χ1v) is 7.78. The molecule has 0 bridgehead atoms. The van der Waals surface area contributed by atoms with Gasteiger partial charge in [-0.3, -0.25) is 4.90 Å². The Balaban J connectivity index is 0.00000220. The van der Waals surface area contributed by atoms with Gasteiger partial charge in [0.05, 0.1) is 6.10 Å². The van der Waals surface area contributed by atoms with E-state index in [9.17, 15) is 0 Å². The third kappa shape index (κ3) is 5.85. The van der Waals surface area contributed by atoms with Gasteiger partial charge in [-0.05, 0) is 70.3 Å². The van der Waals surface area contributed by atoms with Gasteiger partial charge in [0.1, 0.15) is 5.75 Å². The van der Waals surface area contributed by atoms with Crippen LogP contribution in [-0.4, -0.2) is 30.1 Å². The second-order valence-electron chi connectivity index (χ2n) is 6.28. The van der Waals surface area contributed by atoms with Crippen LogP contribution in [0.2, 0.25) is 0 Å². The number of halogens is 1. The molecule has 3 nitrogen and oxygen atoms in total. The molecule has 0 aliphatic carbocycles. The molecule has 1 atom stereocenters. The fourth-order valence-corrected chi connectivity index (χ4v) is 2.84. The minimum absolute atomic E-state index is 0. The van der Waals surface area contributed by atoms with Crippen LogP contribution in [0.4, 0.5) is 0 Å². The lowest BCUT2D eigenvalue weighted by atomic mass is 9.91. The van der Waals surface area contributed by atoms with Gasteiger partial charge in [0.25, 0.3) is 0 Å². The fourth-order valence-electron chi connectivity index (χ4n) is 2.84. The van der Waals surface area contributed by atoms with Gasteiger partial charge in [-0.25, -0.2) is 0 Å². The molecule has 1 heterocycles. The Morgan fingerprint density at radius 1 is 1.14 bits per heavy atom. The molecule has 1 unspecified atom stereocenters. The van der Waals surface area contributed by atoms with Crippen molar-refractivity contribution in [2.45, 2.75) is 52.3 Å². The number of hydrogen-bond donors (Lipinski definition) is 1. The van der Waals surface area contributed by atoms with Crippen LogP contribution in [0.5, 0.6) is 5.75 Å². The Kier molecular flexibility index (Phi) is 7.50. The van der Waals surface area contributed by atoms with Gasteiger partial charge in [0.15, 0.2) is 0 Å². The molecule has 2 N–H and O–H groups in total. The molecule has 21 heavy (non-hydrogen) atoms. The lowest BCUT2D eigenvalue weighted by Gasteiger charge is -2.33. The molecule has 1 saturated heterocycles. The van der Waals surface area contributed by atoms with Gasteiger partial charge in [-0.15, -0.1) is 12.4 Å². The summed E-state index contributed by atoms with van der Waals surface area (Å²) < 4.78 is 5.67. The molecule has 4 heteroatoms.